The van der Waals surface area contributed by atoms with Gasteiger partial charge in [-0.3, -0.25) is 0 Å². The van der Waals surface area contributed by atoms with Crippen LogP contribution in [0.5, 0.6) is 0 Å². The summed E-state index contributed by atoms with van der Waals surface area (Å²) in [5.74, 6) is -0.863. The number of likely N-dealkylation sites (tertiary alicyclic amines) is 1. The monoisotopic (exact) mass is 317 g/mol. The third-order valence-corrected chi connectivity index (χ3v) is 3.78. The van der Waals surface area contributed by atoms with Crippen LogP contribution in [0.4, 0.5) is 18.0 Å². The summed E-state index contributed by atoms with van der Waals surface area (Å²) in [6.07, 6.45) is -7.25. The molecule has 0 unspecified atom stereocenters. The van der Waals surface area contributed by atoms with E-state index in [4.69, 9.17) is 4.74 Å². The summed E-state index contributed by atoms with van der Waals surface area (Å²) in [5, 5.41) is 9.23. The Morgan fingerprint density at radius 2 is 1.86 bits per heavy atom. The molecule has 1 aromatic rings. The van der Waals surface area contributed by atoms with E-state index < -0.39 is 24.3 Å². The summed E-state index contributed by atoms with van der Waals surface area (Å²) >= 11 is 0. The molecule has 1 atom stereocenters. The molecule has 22 heavy (non-hydrogen) atoms. The average molecular weight is 317 g/mol. The molecule has 2 rings (SSSR count). The van der Waals surface area contributed by atoms with Crippen molar-refractivity contribution in [2.45, 2.75) is 31.7 Å². The maximum atomic E-state index is 12.4. The third-order valence-electron chi connectivity index (χ3n) is 3.78. The van der Waals surface area contributed by atoms with E-state index >= 15 is 0 Å². The number of aliphatic hydroxyl groups excluding tert-OH is 1. The van der Waals surface area contributed by atoms with Crippen LogP contribution >= 0.6 is 0 Å². The highest BCUT2D eigenvalue weighted by atomic mass is 19.4. The number of hydrogen-bond acceptors (Lipinski definition) is 3. The van der Waals surface area contributed by atoms with Crippen LogP contribution in [-0.4, -0.2) is 41.5 Å². The van der Waals surface area contributed by atoms with Crippen molar-refractivity contribution in [3.63, 3.8) is 0 Å². The summed E-state index contributed by atoms with van der Waals surface area (Å²) in [4.78, 5) is 13.2. The van der Waals surface area contributed by atoms with E-state index in [1.165, 1.54) is 4.90 Å². The lowest BCUT2D eigenvalue weighted by atomic mass is 9.91. The average Bonchev–Trinajstić information content (AvgIpc) is 2.52. The molecule has 0 aliphatic carbocycles. The number of carbonyl (C=O) groups excluding carboxylic acids is 1. The van der Waals surface area contributed by atoms with Crippen LogP contribution in [0.3, 0.4) is 0 Å². The van der Waals surface area contributed by atoms with Crippen LogP contribution in [0.15, 0.2) is 30.3 Å². The Bertz CT molecular complexity index is 485. The predicted octanol–water partition coefficient (Wildman–Crippen LogP) is 2.96. The minimum Gasteiger partial charge on any atom is -0.445 e. The summed E-state index contributed by atoms with van der Waals surface area (Å²) in [7, 11) is 0. The van der Waals surface area contributed by atoms with Gasteiger partial charge in [0.15, 0.2) is 6.10 Å². The quantitative estimate of drug-likeness (QED) is 0.932. The number of nitrogens with zero attached hydrogens (tertiary/aromatic N) is 1. The number of amides is 1. The maximum absolute atomic E-state index is 12.4. The van der Waals surface area contributed by atoms with E-state index in [2.05, 4.69) is 0 Å². The van der Waals surface area contributed by atoms with E-state index in [1.54, 1.807) is 0 Å². The summed E-state index contributed by atoms with van der Waals surface area (Å²) < 4.78 is 42.5. The lowest BCUT2D eigenvalue weighted by Crippen LogP contribution is -2.45. The molecule has 4 nitrogen and oxygen atoms in total. The summed E-state index contributed by atoms with van der Waals surface area (Å²) in [5.41, 5.74) is 0.846. The number of halogens is 3. The van der Waals surface area contributed by atoms with Crippen molar-refractivity contribution in [1.82, 2.24) is 4.90 Å². The number of alkyl halides is 3. The largest absolute Gasteiger partial charge is 0.445 e. The molecule has 0 aromatic heterocycles. The van der Waals surface area contributed by atoms with Gasteiger partial charge in [-0.15, -0.1) is 0 Å². The molecule has 1 heterocycles. The molecule has 1 amide bonds. The lowest BCUT2D eigenvalue weighted by Gasteiger charge is -2.34. The Kier molecular flexibility index (Phi) is 5.28. The minimum atomic E-state index is -4.61. The molecular formula is C15H18F3NO3. The van der Waals surface area contributed by atoms with Gasteiger partial charge < -0.3 is 14.7 Å². The van der Waals surface area contributed by atoms with Gasteiger partial charge in [-0.1, -0.05) is 30.3 Å². The normalized spacial score (nSPS) is 18.1. The lowest BCUT2D eigenvalue weighted by molar-refractivity contribution is -0.222. The van der Waals surface area contributed by atoms with Crippen molar-refractivity contribution in [3.05, 3.63) is 35.9 Å². The van der Waals surface area contributed by atoms with Crippen molar-refractivity contribution in [3.8, 4) is 0 Å². The molecule has 1 aliphatic heterocycles. The van der Waals surface area contributed by atoms with Crippen LogP contribution in [0.25, 0.3) is 0 Å². The molecule has 1 fully saturated rings. The SMILES string of the molecule is O=C(OCc1ccccc1)N1CCC([C@@H](O)C(F)(F)F)CC1. The van der Waals surface area contributed by atoms with Gasteiger partial charge in [-0.25, -0.2) is 4.79 Å². The fourth-order valence-electron chi connectivity index (χ4n) is 2.48. The van der Waals surface area contributed by atoms with Crippen LogP contribution in [0.1, 0.15) is 18.4 Å². The summed E-state index contributed by atoms with van der Waals surface area (Å²) in [6, 6.07) is 9.14. The van der Waals surface area contributed by atoms with Crippen molar-refractivity contribution in [1.29, 1.82) is 0 Å². The molecule has 0 radical (unpaired) electrons. The van der Waals surface area contributed by atoms with Gasteiger partial charge in [0.1, 0.15) is 6.61 Å². The van der Waals surface area contributed by atoms with E-state index in [0.29, 0.717) is 0 Å². The van der Waals surface area contributed by atoms with E-state index in [0.717, 1.165) is 5.56 Å². The molecule has 1 aliphatic rings. The zero-order valence-electron chi connectivity index (χ0n) is 11.9. The fourth-order valence-corrected chi connectivity index (χ4v) is 2.48. The van der Waals surface area contributed by atoms with Gasteiger partial charge in [0.2, 0.25) is 0 Å². The highest BCUT2D eigenvalue weighted by molar-refractivity contribution is 5.67. The molecule has 0 saturated carbocycles. The highest BCUT2D eigenvalue weighted by Gasteiger charge is 2.44. The number of benzene rings is 1. The zero-order valence-corrected chi connectivity index (χ0v) is 11.9. The van der Waals surface area contributed by atoms with E-state index in [-0.39, 0.29) is 32.5 Å². The molecule has 122 valence electrons. The first kappa shape index (κ1) is 16.6. The van der Waals surface area contributed by atoms with Gasteiger partial charge in [0.25, 0.3) is 0 Å². The number of ether oxygens (including phenoxy) is 1. The van der Waals surface area contributed by atoms with Gasteiger partial charge in [0, 0.05) is 13.1 Å². The maximum Gasteiger partial charge on any atom is 0.414 e. The first-order chi connectivity index (χ1) is 10.4. The van der Waals surface area contributed by atoms with Crippen LogP contribution in [-0.2, 0) is 11.3 Å². The zero-order chi connectivity index (χ0) is 16.2. The topological polar surface area (TPSA) is 49.8 Å². The van der Waals surface area contributed by atoms with Gasteiger partial charge in [-0.2, -0.15) is 13.2 Å². The summed E-state index contributed by atoms with van der Waals surface area (Å²) in [6.45, 7) is 0.446. The van der Waals surface area contributed by atoms with Gasteiger partial charge in [0.05, 0.1) is 0 Å². The smallest absolute Gasteiger partial charge is 0.414 e. The van der Waals surface area contributed by atoms with E-state index in [9.17, 15) is 23.1 Å². The van der Waals surface area contributed by atoms with Crippen molar-refractivity contribution >= 4 is 6.09 Å². The highest BCUT2D eigenvalue weighted by Crippen LogP contribution is 2.31. The van der Waals surface area contributed by atoms with Crippen molar-refractivity contribution in [2.75, 3.05) is 13.1 Å². The van der Waals surface area contributed by atoms with Crippen LogP contribution < -0.4 is 0 Å². The van der Waals surface area contributed by atoms with E-state index in [1.807, 2.05) is 30.3 Å². The van der Waals surface area contributed by atoms with Crippen LogP contribution in [0.2, 0.25) is 0 Å². The Morgan fingerprint density at radius 1 is 1.27 bits per heavy atom. The second kappa shape index (κ2) is 7.00. The third kappa shape index (κ3) is 4.37. The first-order valence-electron chi connectivity index (χ1n) is 7.08. The molecule has 0 bridgehead atoms. The molecule has 1 N–H and O–H groups in total. The van der Waals surface area contributed by atoms with Crippen molar-refractivity contribution < 1.29 is 27.8 Å². The number of rotatable bonds is 3. The Labute approximate surface area is 126 Å². The minimum absolute atomic E-state index is 0.112. The molecule has 1 aromatic carbocycles. The van der Waals surface area contributed by atoms with Gasteiger partial charge in [-0.05, 0) is 24.3 Å². The second-order valence-electron chi connectivity index (χ2n) is 5.35. The molecular weight excluding hydrogens is 299 g/mol. The van der Waals surface area contributed by atoms with Gasteiger partial charge >= 0.3 is 12.3 Å². The Balaban J connectivity index is 1.78. The number of carbonyl (C=O) groups is 1. The second-order valence-corrected chi connectivity index (χ2v) is 5.35. The Morgan fingerprint density at radius 3 is 2.41 bits per heavy atom. The predicted molar refractivity (Wildman–Crippen MR) is 73.0 cm³/mol. The molecule has 7 heteroatoms. The first-order valence-corrected chi connectivity index (χ1v) is 7.08. The number of piperidine rings is 1. The standard InChI is InChI=1S/C15H18F3NO3/c16-15(17,18)13(20)12-6-8-19(9-7-12)14(21)22-10-11-4-2-1-3-5-11/h1-5,12-13,20H,6-10H2/t13-/m1/s1. The number of aliphatic hydroxyl groups is 1. The fraction of sp³-hybridized carbons (Fsp3) is 0.533. The number of hydrogen-bond donors (Lipinski definition) is 1. The molecule has 0 spiro atoms. The Hall–Kier alpha value is -1.76. The molecule has 1 saturated heterocycles. The van der Waals surface area contributed by atoms with Crippen molar-refractivity contribution in [2.24, 2.45) is 5.92 Å². The van der Waals surface area contributed by atoms with Crippen LogP contribution in [0, 0.1) is 5.92 Å².